The van der Waals surface area contributed by atoms with Crippen LogP contribution in [0.15, 0.2) is 24.3 Å². The summed E-state index contributed by atoms with van der Waals surface area (Å²) >= 11 is 1.50. The smallest absolute Gasteiger partial charge is 0.261 e. The van der Waals surface area contributed by atoms with Crippen molar-refractivity contribution in [3.05, 3.63) is 29.1 Å². The van der Waals surface area contributed by atoms with Crippen LogP contribution in [-0.4, -0.2) is 12.5 Å². The van der Waals surface area contributed by atoms with Crippen molar-refractivity contribution >= 4 is 33.0 Å². The Balaban J connectivity index is 2.05. The zero-order chi connectivity index (χ0) is 14.0. The molecule has 3 N–H and O–H groups in total. The first-order valence-electron chi connectivity index (χ1n) is 6.42. The highest BCUT2D eigenvalue weighted by molar-refractivity contribution is 7.20. The van der Waals surface area contributed by atoms with E-state index < -0.39 is 0 Å². The Bertz CT molecular complexity index is 596. The first-order chi connectivity index (χ1) is 8.85. The van der Waals surface area contributed by atoms with Crippen molar-refractivity contribution in [3.63, 3.8) is 0 Å². The molecule has 0 fully saturated rings. The van der Waals surface area contributed by atoms with Gasteiger partial charge in [-0.2, -0.15) is 0 Å². The summed E-state index contributed by atoms with van der Waals surface area (Å²) in [5.74, 6) is 0.00372. The summed E-state index contributed by atoms with van der Waals surface area (Å²) in [6.45, 7) is 7.21. The first-order valence-corrected chi connectivity index (χ1v) is 7.24. The van der Waals surface area contributed by atoms with Crippen LogP contribution in [0.1, 0.15) is 36.9 Å². The lowest BCUT2D eigenvalue weighted by molar-refractivity contribution is 0.0953. The molecule has 3 nitrogen and oxygen atoms in total. The maximum Gasteiger partial charge on any atom is 0.261 e. The van der Waals surface area contributed by atoms with Crippen molar-refractivity contribution in [1.82, 2.24) is 5.32 Å². The number of anilines is 1. The number of carbonyl (C=O) groups is 1. The van der Waals surface area contributed by atoms with E-state index >= 15 is 0 Å². The number of nitrogen functional groups attached to an aromatic ring is 1. The number of rotatable bonds is 3. The van der Waals surface area contributed by atoms with E-state index in [4.69, 9.17) is 5.73 Å². The fourth-order valence-electron chi connectivity index (χ4n) is 1.81. The molecule has 1 aromatic heterocycles. The molecule has 0 radical (unpaired) electrons. The van der Waals surface area contributed by atoms with Gasteiger partial charge in [-0.15, -0.1) is 11.3 Å². The van der Waals surface area contributed by atoms with Crippen LogP contribution in [0.3, 0.4) is 0 Å². The lowest BCUT2D eigenvalue weighted by atomic mass is 9.92. The Hall–Kier alpha value is -1.55. The van der Waals surface area contributed by atoms with E-state index in [-0.39, 0.29) is 11.3 Å². The number of amides is 1. The molecule has 2 rings (SSSR count). The van der Waals surface area contributed by atoms with Crippen molar-refractivity contribution in [2.24, 2.45) is 5.41 Å². The van der Waals surface area contributed by atoms with Crippen molar-refractivity contribution < 1.29 is 4.79 Å². The Morgan fingerprint density at radius 2 is 2.05 bits per heavy atom. The van der Waals surface area contributed by atoms with Gasteiger partial charge in [-0.05, 0) is 41.5 Å². The zero-order valence-corrected chi connectivity index (χ0v) is 12.4. The third-order valence-electron chi connectivity index (χ3n) is 2.92. The predicted octanol–water partition coefficient (Wildman–Crippen LogP) is 3.65. The highest BCUT2D eigenvalue weighted by Crippen LogP contribution is 2.27. The number of thiophene rings is 1. The Kier molecular flexibility index (Phi) is 3.80. The van der Waals surface area contributed by atoms with Gasteiger partial charge in [0, 0.05) is 16.9 Å². The SMILES string of the molecule is CC(C)(C)CCNC(=O)c1cc2cc(N)ccc2s1. The fraction of sp³-hybridized carbons (Fsp3) is 0.400. The molecule has 1 heterocycles. The Morgan fingerprint density at radius 3 is 2.74 bits per heavy atom. The van der Waals surface area contributed by atoms with Gasteiger partial charge in [0.2, 0.25) is 0 Å². The molecule has 1 amide bonds. The molecule has 0 aliphatic heterocycles. The summed E-state index contributed by atoms with van der Waals surface area (Å²) in [6.07, 6.45) is 0.969. The monoisotopic (exact) mass is 276 g/mol. The van der Waals surface area contributed by atoms with E-state index in [0.29, 0.717) is 6.54 Å². The molecule has 0 aliphatic rings. The van der Waals surface area contributed by atoms with Crippen LogP contribution in [0.5, 0.6) is 0 Å². The second-order valence-electron chi connectivity index (χ2n) is 5.97. The molecule has 0 unspecified atom stereocenters. The highest BCUT2D eigenvalue weighted by atomic mass is 32.1. The van der Waals surface area contributed by atoms with E-state index in [1.807, 2.05) is 24.3 Å². The minimum atomic E-state index is 0.00372. The number of benzene rings is 1. The molecule has 0 bridgehead atoms. The molecule has 102 valence electrons. The molecule has 2 aromatic rings. The maximum absolute atomic E-state index is 12.1. The number of hydrogen-bond acceptors (Lipinski definition) is 3. The lowest BCUT2D eigenvalue weighted by Crippen LogP contribution is -2.26. The zero-order valence-electron chi connectivity index (χ0n) is 11.6. The van der Waals surface area contributed by atoms with Crippen LogP contribution in [0.25, 0.3) is 10.1 Å². The van der Waals surface area contributed by atoms with E-state index in [1.165, 1.54) is 11.3 Å². The number of hydrogen-bond donors (Lipinski definition) is 2. The normalized spacial score (nSPS) is 11.7. The number of nitrogens with two attached hydrogens (primary N) is 1. The van der Waals surface area contributed by atoms with Crippen LogP contribution >= 0.6 is 11.3 Å². The van der Waals surface area contributed by atoms with Crippen LogP contribution in [-0.2, 0) is 0 Å². The molecular weight excluding hydrogens is 256 g/mol. The summed E-state index contributed by atoms with van der Waals surface area (Å²) < 4.78 is 1.09. The average Bonchev–Trinajstić information content (AvgIpc) is 2.70. The highest BCUT2D eigenvalue weighted by Gasteiger charge is 2.13. The minimum absolute atomic E-state index is 0.00372. The van der Waals surface area contributed by atoms with E-state index in [1.54, 1.807) is 0 Å². The fourth-order valence-corrected chi connectivity index (χ4v) is 2.77. The van der Waals surface area contributed by atoms with Crippen LogP contribution in [0, 0.1) is 5.41 Å². The number of nitrogens with one attached hydrogen (secondary N) is 1. The number of fused-ring (bicyclic) bond motifs is 1. The lowest BCUT2D eigenvalue weighted by Gasteiger charge is -2.17. The van der Waals surface area contributed by atoms with Crippen molar-refractivity contribution in [2.75, 3.05) is 12.3 Å². The van der Waals surface area contributed by atoms with Gasteiger partial charge in [0.1, 0.15) is 0 Å². The molecule has 0 saturated heterocycles. The van der Waals surface area contributed by atoms with Crippen molar-refractivity contribution in [1.29, 1.82) is 0 Å². The molecule has 4 heteroatoms. The first kappa shape index (κ1) is 13.9. The Labute approximate surface area is 117 Å². The summed E-state index contributed by atoms with van der Waals surface area (Å²) in [4.78, 5) is 12.8. The van der Waals surface area contributed by atoms with Gasteiger partial charge >= 0.3 is 0 Å². The molecule has 0 atom stereocenters. The summed E-state index contributed by atoms with van der Waals surface area (Å²) in [5, 5.41) is 4.00. The summed E-state index contributed by atoms with van der Waals surface area (Å²) in [7, 11) is 0. The van der Waals surface area contributed by atoms with Gasteiger partial charge in [0.05, 0.1) is 4.88 Å². The van der Waals surface area contributed by atoms with E-state index in [2.05, 4.69) is 26.1 Å². The van der Waals surface area contributed by atoms with Gasteiger partial charge in [-0.3, -0.25) is 4.79 Å². The standard InChI is InChI=1S/C15H20N2OS/c1-15(2,3)6-7-17-14(18)13-9-10-8-11(16)4-5-12(10)19-13/h4-5,8-9H,6-7,16H2,1-3H3,(H,17,18). The van der Waals surface area contributed by atoms with Crippen molar-refractivity contribution in [2.45, 2.75) is 27.2 Å². The summed E-state index contributed by atoms with van der Waals surface area (Å²) in [6, 6.07) is 7.63. The topological polar surface area (TPSA) is 55.1 Å². The summed E-state index contributed by atoms with van der Waals surface area (Å²) in [5.41, 5.74) is 6.71. The molecule has 0 aliphatic carbocycles. The van der Waals surface area contributed by atoms with Gasteiger partial charge < -0.3 is 11.1 Å². The predicted molar refractivity (Wildman–Crippen MR) is 82.6 cm³/mol. The molecule has 0 saturated carbocycles. The Morgan fingerprint density at radius 1 is 1.32 bits per heavy atom. The molecule has 19 heavy (non-hydrogen) atoms. The quantitative estimate of drug-likeness (QED) is 0.841. The average molecular weight is 276 g/mol. The van der Waals surface area contributed by atoms with Gasteiger partial charge in [0.25, 0.3) is 5.91 Å². The second-order valence-corrected chi connectivity index (χ2v) is 7.06. The van der Waals surface area contributed by atoms with Crippen LogP contribution < -0.4 is 11.1 Å². The molecular formula is C15H20N2OS. The molecule has 1 aromatic carbocycles. The van der Waals surface area contributed by atoms with Gasteiger partial charge in [-0.1, -0.05) is 20.8 Å². The van der Waals surface area contributed by atoms with E-state index in [9.17, 15) is 4.79 Å². The largest absolute Gasteiger partial charge is 0.399 e. The van der Waals surface area contributed by atoms with Crippen LogP contribution in [0.4, 0.5) is 5.69 Å². The van der Waals surface area contributed by atoms with Crippen molar-refractivity contribution in [3.8, 4) is 0 Å². The van der Waals surface area contributed by atoms with Crippen LogP contribution in [0.2, 0.25) is 0 Å². The third kappa shape index (κ3) is 3.70. The maximum atomic E-state index is 12.1. The van der Waals surface area contributed by atoms with Gasteiger partial charge in [0.15, 0.2) is 0 Å². The number of carbonyl (C=O) groups excluding carboxylic acids is 1. The molecule has 0 spiro atoms. The second kappa shape index (κ2) is 5.21. The third-order valence-corrected chi connectivity index (χ3v) is 4.04. The van der Waals surface area contributed by atoms with E-state index in [0.717, 1.165) is 27.1 Å². The minimum Gasteiger partial charge on any atom is -0.399 e. The van der Waals surface area contributed by atoms with Gasteiger partial charge in [-0.25, -0.2) is 0 Å².